The molecule has 2 aliphatic carbocycles. The molecule has 7 unspecified atom stereocenters. The lowest BCUT2D eigenvalue weighted by Gasteiger charge is -2.39. The van der Waals surface area contributed by atoms with Gasteiger partial charge in [0.2, 0.25) is 6.29 Å². The van der Waals surface area contributed by atoms with Crippen molar-refractivity contribution < 1.29 is 44.5 Å². The Hall–Kier alpha value is -2.69. The summed E-state index contributed by atoms with van der Waals surface area (Å²) in [5.41, 5.74) is 1.89. The molecule has 0 bridgehead atoms. The Morgan fingerprint density at radius 3 is 2.60 bits per heavy atom. The van der Waals surface area contributed by atoms with Crippen LogP contribution in [-0.2, 0) is 4.74 Å². The summed E-state index contributed by atoms with van der Waals surface area (Å²) in [7, 11) is 1.48. The lowest BCUT2D eigenvalue weighted by molar-refractivity contribution is -0.277. The summed E-state index contributed by atoms with van der Waals surface area (Å²) in [6, 6.07) is 3.25. The van der Waals surface area contributed by atoms with Crippen LogP contribution in [0.3, 0.4) is 0 Å². The van der Waals surface area contributed by atoms with Crippen molar-refractivity contribution in [1.82, 2.24) is 0 Å². The molecule has 0 aromatic heterocycles. The van der Waals surface area contributed by atoms with Crippen molar-refractivity contribution in [1.29, 1.82) is 0 Å². The monoisotopic (exact) mass is 486 g/mol. The largest absolute Gasteiger partial charge is 0.506 e. The first-order chi connectivity index (χ1) is 16.8. The fourth-order valence-electron chi connectivity index (χ4n) is 5.80. The Balaban J connectivity index is 1.71. The lowest BCUT2D eigenvalue weighted by atomic mass is 9.76. The van der Waals surface area contributed by atoms with E-state index in [1.807, 2.05) is 6.08 Å². The second-order valence-corrected chi connectivity index (χ2v) is 9.53. The fourth-order valence-corrected chi connectivity index (χ4v) is 5.80. The molecule has 2 aromatic carbocycles. The molecule has 1 saturated heterocycles. The number of allylic oxidation sites excluding steroid dienone is 1. The topological polar surface area (TPSA) is 146 Å². The third-order valence-corrected chi connectivity index (χ3v) is 7.53. The molecule has 1 heterocycles. The maximum absolute atomic E-state index is 12.8. The standard InChI is InChI=1S/C26H30O9/c1-11(28)19-20-14-5-3-4-12(14)6-7-15(20)16-8-13(33-2)9-17(21(16)23(19)30)34-26-25(32)24(31)22(29)18(10-27)35-26/h6-9,12,14,18,22,24-27,29-32H,3-5,10H2,1-2H3. The van der Waals surface area contributed by atoms with E-state index in [1.165, 1.54) is 20.1 Å². The highest BCUT2D eigenvalue weighted by Gasteiger charge is 2.45. The summed E-state index contributed by atoms with van der Waals surface area (Å²) in [6.07, 6.45) is -0.306. The molecule has 2 fully saturated rings. The summed E-state index contributed by atoms with van der Waals surface area (Å²) in [5, 5.41) is 52.6. The van der Waals surface area contributed by atoms with Crippen molar-refractivity contribution in [3.8, 4) is 17.2 Å². The number of aliphatic hydroxyl groups is 4. The van der Waals surface area contributed by atoms with Crippen LogP contribution in [0.2, 0.25) is 0 Å². The van der Waals surface area contributed by atoms with Crippen molar-refractivity contribution >= 4 is 22.6 Å². The first kappa shape index (κ1) is 24.0. The van der Waals surface area contributed by atoms with E-state index in [-0.39, 0.29) is 34.1 Å². The summed E-state index contributed by atoms with van der Waals surface area (Å²) in [5.74, 6) is 0.424. The lowest BCUT2D eigenvalue weighted by Crippen LogP contribution is -2.60. The average Bonchev–Trinajstić information content (AvgIpc) is 3.33. The quantitative estimate of drug-likeness (QED) is 0.400. The minimum atomic E-state index is -1.64. The van der Waals surface area contributed by atoms with Gasteiger partial charge >= 0.3 is 0 Å². The van der Waals surface area contributed by atoms with E-state index >= 15 is 0 Å². The number of benzene rings is 2. The van der Waals surface area contributed by atoms with Crippen LogP contribution in [0.5, 0.6) is 17.2 Å². The van der Waals surface area contributed by atoms with Gasteiger partial charge in [-0.3, -0.25) is 4.79 Å². The highest BCUT2D eigenvalue weighted by Crippen LogP contribution is 2.53. The van der Waals surface area contributed by atoms with Crippen LogP contribution in [0.25, 0.3) is 16.8 Å². The van der Waals surface area contributed by atoms with Crippen LogP contribution in [0.15, 0.2) is 18.2 Å². The zero-order valence-electron chi connectivity index (χ0n) is 19.5. The van der Waals surface area contributed by atoms with Crippen molar-refractivity contribution in [2.45, 2.75) is 62.8 Å². The number of phenolic OH excluding ortho intramolecular Hbond substituents is 1. The number of aromatic hydroxyl groups is 1. The molecule has 7 atom stereocenters. The molecule has 2 aromatic rings. The van der Waals surface area contributed by atoms with Crippen molar-refractivity contribution in [2.75, 3.05) is 13.7 Å². The van der Waals surface area contributed by atoms with Crippen LogP contribution < -0.4 is 9.47 Å². The molecular formula is C26H30O9. The second kappa shape index (κ2) is 9.07. The first-order valence-electron chi connectivity index (χ1n) is 11.8. The molecule has 0 amide bonds. The van der Waals surface area contributed by atoms with E-state index in [2.05, 4.69) is 6.08 Å². The molecule has 3 aliphatic rings. The molecule has 9 heteroatoms. The SMILES string of the molecule is COc1cc(OC2OC(CO)C(O)C(O)C2O)c2c(O)c(C(C)=O)c3c(c2c1)C=CC1CCCC31. The van der Waals surface area contributed by atoms with Gasteiger partial charge in [-0.2, -0.15) is 0 Å². The summed E-state index contributed by atoms with van der Waals surface area (Å²) in [4.78, 5) is 12.8. The van der Waals surface area contributed by atoms with E-state index < -0.39 is 37.3 Å². The van der Waals surface area contributed by atoms with Gasteiger partial charge in [0, 0.05) is 11.5 Å². The number of Topliss-reactive ketones (excluding diaryl/α,β-unsaturated/α-hetero) is 1. The van der Waals surface area contributed by atoms with Gasteiger partial charge in [0.1, 0.15) is 41.7 Å². The number of carbonyl (C=O) groups excluding carboxylic acids is 1. The fraction of sp³-hybridized carbons (Fsp3) is 0.500. The van der Waals surface area contributed by atoms with Gasteiger partial charge < -0.3 is 39.7 Å². The summed E-state index contributed by atoms with van der Waals surface area (Å²) >= 11 is 0. The maximum Gasteiger partial charge on any atom is 0.229 e. The van der Waals surface area contributed by atoms with E-state index in [1.54, 1.807) is 6.07 Å². The number of phenols is 1. The zero-order chi connectivity index (χ0) is 25.0. The normalized spacial score (nSPS) is 31.8. The Morgan fingerprint density at radius 2 is 1.91 bits per heavy atom. The van der Waals surface area contributed by atoms with Gasteiger partial charge in [-0.05, 0) is 48.8 Å². The Labute approximate surface area is 202 Å². The van der Waals surface area contributed by atoms with E-state index in [9.17, 15) is 30.3 Å². The van der Waals surface area contributed by atoms with Gasteiger partial charge in [0.05, 0.1) is 24.7 Å². The van der Waals surface area contributed by atoms with Crippen LogP contribution in [0.1, 0.15) is 53.6 Å². The predicted molar refractivity (Wildman–Crippen MR) is 126 cm³/mol. The highest BCUT2D eigenvalue weighted by atomic mass is 16.7. The van der Waals surface area contributed by atoms with E-state index in [0.717, 1.165) is 30.4 Å². The number of ketones is 1. The van der Waals surface area contributed by atoms with Crippen LogP contribution in [0.4, 0.5) is 0 Å². The second-order valence-electron chi connectivity index (χ2n) is 9.53. The number of fused-ring (bicyclic) bond motifs is 5. The van der Waals surface area contributed by atoms with Crippen molar-refractivity contribution in [3.63, 3.8) is 0 Å². The van der Waals surface area contributed by atoms with Crippen LogP contribution in [-0.4, -0.2) is 75.7 Å². The third-order valence-electron chi connectivity index (χ3n) is 7.53. The summed E-state index contributed by atoms with van der Waals surface area (Å²) in [6.45, 7) is 0.815. The number of rotatable bonds is 5. The summed E-state index contributed by atoms with van der Waals surface area (Å²) < 4.78 is 16.9. The van der Waals surface area contributed by atoms with E-state index in [0.29, 0.717) is 17.1 Å². The Bertz CT molecular complexity index is 1190. The zero-order valence-corrected chi connectivity index (χ0v) is 19.5. The van der Waals surface area contributed by atoms with Gasteiger partial charge in [-0.15, -0.1) is 0 Å². The predicted octanol–water partition coefficient (Wildman–Crippen LogP) is 1.85. The van der Waals surface area contributed by atoms with Crippen molar-refractivity contribution in [2.24, 2.45) is 5.92 Å². The maximum atomic E-state index is 12.8. The molecule has 35 heavy (non-hydrogen) atoms. The van der Waals surface area contributed by atoms with Crippen LogP contribution >= 0.6 is 0 Å². The molecule has 1 saturated carbocycles. The molecular weight excluding hydrogens is 456 g/mol. The number of carbonyl (C=O) groups is 1. The van der Waals surface area contributed by atoms with Gasteiger partial charge in [0.25, 0.3) is 0 Å². The molecule has 1 aliphatic heterocycles. The number of aliphatic hydroxyl groups excluding tert-OH is 4. The third kappa shape index (κ3) is 3.78. The van der Waals surface area contributed by atoms with Gasteiger partial charge in [-0.1, -0.05) is 18.6 Å². The van der Waals surface area contributed by atoms with Crippen molar-refractivity contribution in [3.05, 3.63) is 34.9 Å². The molecule has 188 valence electrons. The van der Waals surface area contributed by atoms with Gasteiger partial charge in [0.15, 0.2) is 5.78 Å². The molecule has 9 nitrogen and oxygen atoms in total. The first-order valence-corrected chi connectivity index (χ1v) is 11.8. The van der Waals surface area contributed by atoms with Gasteiger partial charge in [-0.25, -0.2) is 0 Å². The minimum Gasteiger partial charge on any atom is -0.506 e. The van der Waals surface area contributed by atoms with Crippen LogP contribution in [0, 0.1) is 5.92 Å². The number of methoxy groups -OCH3 is 1. The number of hydrogen-bond donors (Lipinski definition) is 5. The highest BCUT2D eigenvalue weighted by molar-refractivity contribution is 6.11. The molecule has 5 rings (SSSR count). The smallest absolute Gasteiger partial charge is 0.229 e. The molecule has 0 spiro atoms. The van der Waals surface area contributed by atoms with E-state index in [4.69, 9.17) is 14.2 Å². The Morgan fingerprint density at radius 1 is 1.14 bits per heavy atom. The Kier molecular flexibility index (Phi) is 6.23. The minimum absolute atomic E-state index is 0.0634. The number of hydrogen-bond acceptors (Lipinski definition) is 9. The molecule has 0 radical (unpaired) electrons. The number of ether oxygens (including phenoxy) is 3. The molecule has 5 N–H and O–H groups in total. The average molecular weight is 487 g/mol.